The van der Waals surface area contributed by atoms with Crippen LogP contribution in [-0.4, -0.2) is 62.2 Å². The van der Waals surface area contributed by atoms with Crippen molar-refractivity contribution >= 4 is 11.7 Å². The molecule has 6 nitrogen and oxygen atoms in total. The molecule has 0 unspecified atom stereocenters. The van der Waals surface area contributed by atoms with Crippen molar-refractivity contribution in [2.24, 2.45) is 0 Å². The Kier molecular flexibility index (Phi) is 6.65. The van der Waals surface area contributed by atoms with Gasteiger partial charge in [0, 0.05) is 38.9 Å². The SMILES string of the molecule is CCN1CCN(c2ccc(C(=O)NCCc3cccc(OC)c3)cn2)CC1. The molecular formula is C21H28N4O2. The summed E-state index contributed by atoms with van der Waals surface area (Å²) in [5.74, 6) is 1.69. The molecule has 3 rings (SSSR count). The standard InChI is InChI=1S/C21H28N4O2/c1-3-24-11-13-25(14-12-24)20-8-7-18(16-23-20)21(26)22-10-9-17-5-4-6-19(15-17)27-2/h4-8,15-16H,3,9-14H2,1-2H3,(H,22,26). The van der Waals surface area contributed by atoms with Crippen LogP contribution in [0.3, 0.4) is 0 Å². The lowest BCUT2D eigenvalue weighted by Gasteiger charge is -2.34. The van der Waals surface area contributed by atoms with E-state index >= 15 is 0 Å². The highest BCUT2D eigenvalue weighted by Crippen LogP contribution is 2.15. The van der Waals surface area contributed by atoms with E-state index in [-0.39, 0.29) is 5.91 Å². The van der Waals surface area contributed by atoms with E-state index in [2.05, 4.69) is 27.0 Å². The molecule has 0 radical (unpaired) electrons. The van der Waals surface area contributed by atoms with E-state index in [0.717, 1.165) is 56.3 Å². The monoisotopic (exact) mass is 368 g/mol. The number of methoxy groups -OCH3 is 1. The van der Waals surface area contributed by atoms with Gasteiger partial charge in [-0.05, 0) is 42.8 Å². The Balaban J connectivity index is 1.48. The molecule has 2 heterocycles. The number of hydrogen-bond acceptors (Lipinski definition) is 5. The first-order valence-electron chi connectivity index (χ1n) is 9.54. The van der Waals surface area contributed by atoms with E-state index in [9.17, 15) is 4.79 Å². The summed E-state index contributed by atoms with van der Waals surface area (Å²) in [4.78, 5) is 21.5. The normalized spacial score (nSPS) is 14.8. The third-order valence-electron chi connectivity index (χ3n) is 4.99. The number of nitrogens with zero attached hydrogens (tertiary/aromatic N) is 3. The van der Waals surface area contributed by atoms with Crippen molar-refractivity contribution in [1.29, 1.82) is 0 Å². The maximum Gasteiger partial charge on any atom is 0.252 e. The third kappa shape index (κ3) is 5.20. The van der Waals surface area contributed by atoms with Crippen LogP contribution in [0.1, 0.15) is 22.8 Å². The largest absolute Gasteiger partial charge is 0.497 e. The van der Waals surface area contributed by atoms with Crippen LogP contribution in [0.4, 0.5) is 5.82 Å². The number of carbonyl (C=O) groups is 1. The second kappa shape index (κ2) is 9.37. The highest BCUT2D eigenvalue weighted by atomic mass is 16.5. The number of ether oxygens (including phenoxy) is 1. The van der Waals surface area contributed by atoms with Crippen molar-refractivity contribution in [1.82, 2.24) is 15.2 Å². The average Bonchev–Trinajstić information content (AvgIpc) is 2.74. The second-order valence-electron chi connectivity index (χ2n) is 6.68. The quantitative estimate of drug-likeness (QED) is 0.812. The number of amides is 1. The lowest BCUT2D eigenvalue weighted by atomic mass is 10.1. The number of likely N-dealkylation sites (N-methyl/N-ethyl adjacent to an activating group) is 1. The van der Waals surface area contributed by atoms with Gasteiger partial charge in [0.2, 0.25) is 0 Å². The third-order valence-corrected chi connectivity index (χ3v) is 4.99. The van der Waals surface area contributed by atoms with Crippen LogP contribution >= 0.6 is 0 Å². The van der Waals surface area contributed by atoms with Gasteiger partial charge in [-0.15, -0.1) is 0 Å². The van der Waals surface area contributed by atoms with Gasteiger partial charge < -0.3 is 19.9 Å². The first kappa shape index (κ1) is 19.2. The zero-order chi connectivity index (χ0) is 19.1. The number of hydrogen-bond donors (Lipinski definition) is 1. The Bertz CT molecular complexity index is 740. The van der Waals surface area contributed by atoms with Gasteiger partial charge >= 0.3 is 0 Å². The van der Waals surface area contributed by atoms with E-state index in [1.54, 1.807) is 13.3 Å². The van der Waals surface area contributed by atoms with Gasteiger partial charge in [-0.3, -0.25) is 4.79 Å². The lowest BCUT2D eigenvalue weighted by Crippen LogP contribution is -2.46. The smallest absolute Gasteiger partial charge is 0.252 e. The zero-order valence-corrected chi connectivity index (χ0v) is 16.1. The molecule has 1 amide bonds. The topological polar surface area (TPSA) is 57.7 Å². The van der Waals surface area contributed by atoms with Crippen LogP contribution in [0, 0.1) is 0 Å². The minimum absolute atomic E-state index is 0.0900. The summed E-state index contributed by atoms with van der Waals surface area (Å²) < 4.78 is 5.22. The van der Waals surface area contributed by atoms with Crippen molar-refractivity contribution in [3.63, 3.8) is 0 Å². The number of pyridine rings is 1. The molecule has 27 heavy (non-hydrogen) atoms. The van der Waals surface area contributed by atoms with Crippen molar-refractivity contribution in [3.05, 3.63) is 53.7 Å². The molecule has 1 aromatic heterocycles. The van der Waals surface area contributed by atoms with E-state index < -0.39 is 0 Å². The maximum absolute atomic E-state index is 12.3. The summed E-state index contributed by atoms with van der Waals surface area (Å²) in [5, 5.41) is 2.96. The lowest BCUT2D eigenvalue weighted by molar-refractivity contribution is 0.0954. The van der Waals surface area contributed by atoms with Gasteiger partial charge in [0.25, 0.3) is 5.91 Å². The fourth-order valence-corrected chi connectivity index (χ4v) is 3.25. The summed E-state index contributed by atoms with van der Waals surface area (Å²) >= 11 is 0. The molecule has 0 saturated carbocycles. The number of benzene rings is 1. The predicted octanol–water partition coefficient (Wildman–Crippen LogP) is 2.20. The van der Waals surface area contributed by atoms with Crippen LogP contribution in [0.25, 0.3) is 0 Å². The number of rotatable bonds is 7. The summed E-state index contributed by atoms with van der Waals surface area (Å²) in [6.45, 7) is 7.94. The van der Waals surface area contributed by atoms with Gasteiger partial charge in [-0.2, -0.15) is 0 Å². The molecule has 1 N–H and O–H groups in total. The molecule has 144 valence electrons. The van der Waals surface area contributed by atoms with Crippen molar-refractivity contribution in [2.45, 2.75) is 13.3 Å². The molecule has 1 fully saturated rings. The van der Waals surface area contributed by atoms with Gasteiger partial charge in [0.1, 0.15) is 11.6 Å². The summed E-state index contributed by atoms with van der Waals surface area (Å²) in [5.41, 5.74) is 1.73. The number of aromatic nitrogens is 1. The van der Waals surface area contributed by atoms with Gasteiger partial charge in [-0.25, -0.2) is 4.98 Å². The molecular weight excluding hydrogens is 340 g/mol. The number of nitrogens with one attached hydrogen (secondary N) is 1. The second-order valence-corrected chi connectivity index (χ2v) is 6.68. The van der Waals surface area contributed by atoms with Crippen molar-refractivity contribution < 1.29 is 9.53 Å². The van der Waals surface area contributed by atoms with Gasteiger partial charge in [0.15, 0.2) is 0 Å². The van der Waals surface area contributed by atoms with Crippen LogP contribution < -0.4 is 15.0 Å². The Labute approximate surface area is 161 Å². The van der Waals surface area contributed by atoms with Crippen LogP contribution in [0.5, 0.6) is 5.75 Å². The van der Waals surface area contributed by atoms with E-state index in [4.69, 9.17) is 4.74 Å². The molecule has 1 saturated heterocycles. The zero-order valence-electron chi connectivity index (χ0n) is 16.1. The van der Waals surface area contributed by atoms with Crippen molar-refractivity contribution in [3.8, 4) is 5.75 Å². The molecule has 1 aliphatic heterocycles. The molecule has 1 aliphatic rings. The first-order valence-corrected chi connectivity index (χ1v) is 9.54. The van der Waals surface area contributed by atoms with Crippen LogP contribution in [0.2, 0.25) is 0 Å². The van der Waals surface area contributed by atoms with E-state index in [1.807, 2.05) is 36.4 Å². The molecule has 0 bridgehead atoms. The first-order chi connectivity index (χ1) is 13.2. The maximum atomic E-state index is 12.3. The van der Waals surface area contributed by atoms with Crippen LogP contribution in [-0.2, 0) is 6.42 Å². The molecule has 2 aromatic rings. The Morgan fingerprint density at radius 2 is 2.00 bits per heavy atom. The summed E-state index contributed by atoms with van der Waals surface area (Å²) in [6, 6.07) is 11.7. The average molecular weight is 368 g/mol. The summed E-state index contributed by atoms with van der Waals surface area (Å²) in [7, 11) is 1.65. The number of carbonyl (C=O) groups excluding carboxylic acids is 1. The van der Waals surface area contributed by atoms with Gasteiger partial charge in [0.05, 0.1) is 12.7 Å². The van der Waals surface area contributed by atoms with Crippen LogP contribution in [0.15, 0.2) is 42.6 Å². The summed E-state index contributed by atoms with van der Waals surface area (Å²) in [6.07, 6.45) is 2.43. The van der Waals surface area contributed by atoms with E-state index in [1.165, 1.54) is 0 Å². The molecule has 0 aliphatic carbocycles. The molecule has 6 heteroatoms. The predicted molar refractivity (Wildman–Crippen MR) is 108 cm³/mol. The van der Waals surface area contributed by atoms with Gasteiger partial charge in [-0.1, -0.05) is 19.1 Å². The molecule has 0 atom stereocenters. The minimum atomic E-state index is -0.0900. The minimum Gasteiger partial charge on any atom is -0.497 e. The fraction of sp³-hybridized carbons (Fsp3) is 0.429. The van der Waals surface area contributed by atoms with E-state index in [0.29, 0.717) is 12.1 Å². The Morgan fingerprint density at radius 1 is 1.19 bits per heavy atom. The molecule has 0 spiro atoms. The molecule has 1 aromatic carbocycles. The Hall–Kier alpha value is -2.60. The number of anilines is 1. The Morgan fingerprint density at radius 3 is 2.67 bits per heavy atom. The van der Waals surface area contributed by atoms with Crippen molar-refractivity contribution in [2.75, 3.05) is 51.3 Å². The number of piperazine rings is 1. The highest BCUT2D eigenvalue weighted by Gasteiger charge is 2.17. The fourth-order valence-electron chi connectivity index (χ4n) is 3.25. The highest BCUT2D eigenvalue weighted by molar-refractivity contribution is 5.94.